The maximum absolute atomic E-state index is 12.2. The summed E-state index contributed by atoms with van der Waals surface area (Å²) in [7, 11) is 1.90. The highest BCUT2D eigenvalue weighted by atomic mass is 32.2. The van der Waals surface area contributed by atoms with Crippen LogP contribution in [0.15, 0.2) is 5.16 Å². The predicted molar refractivity (Wildman–Crippen MR) is 89.8 cm³/mol. The van der Waals surface area contributed by atoms with Crippen LogP contribution in [0.25, 0.3) is 10.2 Å². The third-order valence-corrected chi connectivity index (χ3v) is 4.83. The Morgan fingerprint density at radius 2 is 2.27 bits per heavy atom. The van der Waals surface area contributed by atoms with Gasteiger partial charge in [-0.25, -0.2) is 20.2 Å². The van der Waals surface area contributed by atoms with Crippen LogP contribution in [0.1, 0.15) is 23.5 Å². The molecule has 118 valence electrons. The molecule has 0 bridgehead atoms. The first-order valence-corrected chi connectivity index (χ1v) is 8.91. The zero-order valence-electron chi connectivity index (χ0n) is 12.8. The normalized spacial score (nSPS) is 17.3. The molecular weight excluding hydrogens is 322 g/mol. The Hall–Kier alpha value is -1.58. The summed E-state index contributed by atoms with van der Waals surface area (Å²) in [6.45, 7) is 4.12. The zero-order chi connectivity index (χ0) is 15.9. The molecule has 0 aromatic carbocycles. The first-order chi connectivity index (χ1) is 10.5. The molecule has 7 nitrogen and oxygen atoms in total. The van der Waals surface area contributed by atoms with E-state index in [0.717, 1.165) is 21.7 Å². The second-order valence-corrected chi connectivity index (χ2v) is 6.57. The van der Waals surface area contributed by atoms with Crippen LogP contribution >= 0.6 is 23.1 Å². The van der Waals surface area contributed by atoms with Crippen LogP contribution in [-0.4, -0.2) is 42.0 Å². The van der Waals surface area contributed by atoms with E-state index in [1.807, 2.05) is 25.2 Å². The third kappa shape index (κ3) is 2.49. The molecule has 3 heterocycles. The lowest BCUT2D eigenvalue weighted by Crippen LogP contribution is -2.43. The van der Waals surface area contributed by atoms with Crippen LogP contribution in [0, 0.1) is 0 Å². The fourth-order valence-corrected chi connectivity index (χ4v) is 3.82. The van der Waals surface area contributed by atoms with Crippen molar-refractivity contribution >= 4 is 50.8 Å². The van der Waals surface area contributed by atoms with Crippen molar-refractivity contribution in [2.24, 2.45) is 0 Å². The molecule has 1 aliphatic heterocycles. The van der Waals surface area contributed by atoms with Crippen molar-refractivity contribution < 1.29 is 9.53 Å². The fourth-order valence-electron chi connectivity index (χ4n) is 2.38. The monoisotopic (exact) mass is 339 g/mol. The largest absolute Gasteiger partial charge is 0.462 e. The van der Waals surface area contributed by atoms with Crippen molar-refractivity contribution in [1.82, 2.24) is 15.4 Å². The Bertz CT molecular complexity index is 733. The second-order valence-electron chi connectivity index (χ2n) is 4.79. The number of ether oxygens (including phenoxy) is 1. The third-order valence-electron chi connectivity index (χ3n) is 3.22. The molecule has 22 heavy (non-hydrogen) atoms. The van der Waals surface area contributed by atoms with Gasteiger partial charge in [-0.2, -0.15) is 0 Å². The molecule has 9 heteroatoms. The molecule has 0 spiro atoms. The topological polar surface area (TPSA) is 79.4 Å². The Morgan fingerprint density at radius 1 is 1.50 bits per heavy atom. The highest BCUT2D eigenvalue weighted by Gasteiger charge is 2.28. The summed E-state index contributed by atoms with van der Waals surface area (Å²) in [6, 6.07) is 0. The van der Waals surface area contributed by atoms with E-state index in [1.165, 1.54) is 23.1 Å². The van der Waals surface area contributed by atoms with Crippen molar-refractivity contribution in [3.05, 3.63) is 4.88 Å². The van der Waals surface area contributed by atoms with E-state index in [9.17, 15) is 4.79 Å². The van der Waals surface area contributed by atoms with Gasteiger partial charge in [0.1, 0.15) is 9.71 Å². The van der Waals surface area contributed by atoms with Crippen LogP contribution in [-0.2, 0) is 4.74 Å². The predicted octanol–water partition coefficient (Wildman–Crippen LogP) is 2.30. The molecule has 3 rings (SSSR count). The molecule has 2 N–H and O–H groups in total. The number of esters is 1. The summed E-state index contributed by atoms with van der Waals surface area (Å²) in [5, 5.41) is 6.70. The molecule has 1 aliphatic rings. The number of nitrogens with zero attached hydrogens (tertiary/aromatic N) is 3. The van der Waals surface area contributed by atoms with Gasteiger partial charge in [0, 0.05) is 7.05 Å². The molecule has 0 saturated carbocycles. The number of nitrogens with one attached hydrogen (secondary N) is 2. The van der Waals surface area contributed by atoms with Crippen LogP contribution < -0.4 is 15.8 Å². The van der Waals surface area contributed by atoms with Gasteiger partial charge in [0.2, 0.25) is 0 Å². The number of hydrogen-bond acceptors (Lipinski definition) is 9. The lowest BCUT2D eigenvalue weighted by Gasteiger charge is -2.22. The average molecular weight is 339 g/mol. The van der Waals surface area contributed by atoms with Gasteiger partial charge in [-0.1, -0.05) is 11.8 Å². The van der Waals surface area contributed by atoms with E-state index in [4.69, 9.17) is 4.74 Å². The quantitative estimate of drug-likeness (QED) is 0.501. The SMILES string of the molecule is CCOC(=O)c1sc2nc(SC)nc3c2c1NC(C)NN3C. The van der Waals surface area contributed by atoms with Crippen LogP contribution in [0.5, 0.6) is 0 Å². The number of rotatable bonds is 3. The molecular formula is C13H17N5O2S2. The molecule has 0 radical (unpaired) electrons. The van der Waals surface area contributed by atoms with Gasteiger partial charge in [0.05, 0.1) is 23.8 Å². The van der Waals surface area contributed by atoms with Crippen molar-refractivity contribution in [2.45, 2.75) is 25.2 Å². The number of thioether (sulfide) groups is 1. The Balaban J connectivity index is 2.27. The van der Waals surface area contributed by atoms with Gasteiger partial charge in [0.25, 0.3) is 0 Å². The minimum atomic E-state index is -0.332. The van der Waals surface area contributed by atoms with Crippen molar-refractivity contribution in [2.75, 3.05) is 30.2 Å². The van der Waals surface area contributed by atoms with Crippen LogP contribution in [0.2, 0.25) is 0 Å². The number of carbonyl (C=O) groups is 1. The summed E-state index contributed by atoms with van der Waals surface area (Å²) in [5.41, 5.74) is 4.00. The molecule has 2 aromatic heterocycles. The highest BCUT2D eigenvalue weighted by molar-refractivity contribution is 7.98. The lowest BCUT2D eigenvalue weighted by atomic mass is 10.2. The van der Waals surface area contributed by atoms with Crippen molar-refractivity contribution in [3.63, 3.8) is 0 Å². The Morgan fingerprint density at radius 3 is 2.95 bits per heavy atom. The Kier molecular flexibility index (Phi) is 4.11. The number of carbonyl (C=O) groups excluding carboxylic acids is 1. The van der Waals surface area contributed by atoms with Crippen LogP contribution in [0.3, 0.4) is 0 Å². The molecule has 0 aliphatic carbocycles. The maximum atomic E-state index is 12.2. The average Bonchev–Trinajstić information content (AvgIpc) is 2.78. The molecule has 2 aromatic rings. The van der Waals surface area contributed by atoms with Gasteiger partial charge in [0.15, 0.2) is 11.0 Å². The van der Waals surface area contributed by atoms with Gasteiger partial charge >= 0.3 is 5.97 Å². The van der Waals surface area contributed by atoms with Gasteiger partial charge in [-0.05, 0) is 20.1 Å². The van der Waals surface area contributed by atoms with E-state index >= 15 is 0 Å². The van der Waals surface area contributed by atoms with Crippen molar-refractivity contribution in [3.8, 4) is 0 Å². The molecule has 0 fully saturated rings. The van der Waals surface area contributed by atoms with Crippen molar-refractivity contribution in [1.29, 1.82) is 0 Å². The summed E-state index contributed by atoms with van der Waals surface area (Å²) < 4.78 is 5.17. The standard InChI is InChI=1S/C13H17N5O2S2/c1-5-20-12(19)9-8-7-10(18(3)17-6(2)14-8)15-13(21-4)16-11(7)22-9/h6,14,17H,5H2,1-4H3. The van der Waals surface area contributed by atoms with Gasteiger partial charge in [-0.3, -0.25) is 5.01 Å². The lowest BCUT2D eigenvalue weighted by molar-refractivity contribution is 0.0533. The molecule has 1 unspecified atom stereocenters. The van der Waals surface area contributed by atoms with E-state index in [0.29, 0.717) is 16.6 Å². The van der Waals surface area contributed by atoms with E-state index < -0.39 is 0 Å². The smallest absolute Gasteiger partial charge is 0.350 e. The number of aromatic nitrogens is 2. The minimum absolute atomic E-state index is 0.0529. The first kappa shape index (κ1) is 15.3. The highest BCUT2D eigenvalue weighted by Crippen LogP contribution is 2.41. The van der Waals surface area contributed by atoms with E-state index in [1.54, 1.807) is 6.92 Å². The summed E-state index contributed by atoms with van der Waals surface area (Å²) in [6.07, 6.45) is 1.88. The van der Waals surface area contributed by atoms with E-state index in [-0.39, 0.29) is 12.1 Å². The zero-order valence-corrected chi connectivity index (χ0v) is 14.4. The number of hydrogen-bond donors (Lipinski definition) is 2. The minimum Gasteiger partial charge on any atom is -0.462 e. The van der Waals surface area contributed by atoms with Gasteiger partial charge < -0.3 is 10.1 Å². The second kappa shape index (κ2) is 5.90. The van der Waals surface area contributed by atoms with Crippen LogP contribution in [0.4, 0.5) is 11.5 Å². The number of thiophene rings is 1. The summed E-state index contributed by atoms with van der Waals surface area (Å²) >= 11 is 2.81. The molecule has 0 saturated heterocycles. The molecule has 0 amide bonds. The van der Waals surface area contributed by atoms with E-state index in [2.05, 4.69) is 20.7 Å². The number of anilines is 2. The summed E-state index contributed by atoms with van der Waals surface area (Å²) in [5.74, 6) is 0.425. The summed E-state index contributed by atoms with van der Waals surface area (Å²) in [4.78, 5) is 22.7. The fraction of sp³-hybridized carbons (Fsp3) is 0.462. The molecule has 1 atom stereocenters. The van der Waals surface area contributed by atoms with Gasteiger partial charge in [-0.15, -0.1) is 11.3 Å². The maximum Gasteiger partial charge on any atom is 0.350 e. The Labute approximate surface area is 136 Å². The first-order valence-electron chi connectivity index (χ1n) is 6.87. The number of hydrazine groups is 1.